The minimum Gasteiger partial charge on any atom is -0.271 e. The van der Waals surface area contributed by atoms with Crippen LogP contribution in [0.15, 0.2) is 30.5 Å². The van der Waals surface area contributed by atoms with Gasteiger partial charge in [-0.1, -0.05) is 11.6 Å². The van der Waals surface area contributed by atoms with Gasteiger partial charge in [0.25, 0.3) is 0 Å². The highest BCUT2D eigenvalue weighted by atomic mass is 35.5. The van der Waals surface area contributed by atoms with E-state index in [0.29, 0.717) is 5.15 Å². The molecule has 0 amide bonds. The van der Waals surface area contributed by atoms with Gasteiger partial charge in [-0.2, -0.15) is 0 Å². The Hall–Kier alpha value is -0.940. The molecule has 84 valence electrons. The smallest absolute Gasteiger partial charge is 0.129 e. The summed E-state index contributed by atoms with van der Waals surface area (Å²) in [6.07, 6.45) is 1.68. The number of aromatic nitrogens is 1. The second kappa shape index (κ2) is 4.93. The van der Waals surface area contributed by atoms with Gasteiger partial charge >= 0.3 is 0 Å². The van der Waals surface area contributed by atoms with Crippen molar-refractivity contribution in [1.29, 1.82) is 0 Å². The zero-order chi connectivity index (χ0) is 11.5. The number of nitrogens with zero attached hydrogens (tertiary/aromatic N) is 1. The van der Waals surface area contributed by atoms with Gasteiger partial charge in [-0.25, -0.2) is 10.4 Å². The van der Waals surface area contributed by atoms with Crippen LogP contribution in [-0.2, 0) is 0 Å². The van der Waals surface area contributed by atoms with E-state index in [-0.39, 0.29) is 6.04 Å². The van der Waals surface area contributed by atoms with Gasteiger partial charge in [-0.3, -0.25) is 5.84 Å². The molecule has 0 saturated heterocycles. The minimum atomic E-state index is -0.0285. The Labute approximate surface area is 103 Å². The topological polar surface area (TPSA) is 50.9 Å². The number of hydrogen-bond acceptors (Lipinski definition) is 4. The predicted molar refractivity (Wildman–Crippen MR) is 67.5 cm³/mol. The maximum Gasteiger partial charge on any atom is 0.129 e. The highest BCUT2D eigenvalue weighted by Crippen LogP contribution is 2.28. The number of hydrogen-bond donors (Lipinski definition) is 2. The van der Waals surface area contributed by atoms with E-state index >= 15 is 0 Å². The van der Waals surface area contributed by atoms with Crippen molar-refractivity contribution in [2.24, 2.45) is 5.84 Å². The fourth-order valence-corrected chi connectivity index (χ4v) is 2.70. The first-order valence-corrected chi connectivity index (χ1v) is 6.04. The van der Waals surface area contributed by atoms with Crippen LogP contribution in [0.3, 0.4) is 0 Å². The first kappa shape index (κ1) is 11.5. The molecule has 0 bridgehead atoms. The van der Waals surface area contributed by atoms with Crippen molar-refractivity contribution in [3.63, 3.8) is 0 Å². The molecule has 2 aromatic heterocycles. The van der Waals surface area contributed by atoms with Gasteiger partial charge in [0, 0.05) is 16.0 Å². The number of aryl methyl sites for hydroxylation is 1. The average Bonchev–Trinajstić information content (AvgIpc) is 2.66. The van der Waals surface area contributed by atoms with Crippen LogP contribution in [0.1, 0.15) is 21.4 Å². The Morgan fingerprint density at radius 2 is 2.25 bits per heavy atom. The number of nitrogens with one attached hydrogen (secondary N) is 1. The molecule has 3 N–H and O–H groups in total. The number of rotatable bonds is 3. The van der Waals surface area contributed by atoms with Crippen LogP contribution in [0.5, 0.6) is 0 Å². The monoisotopic (exact) mass is 253 g/mol. The standard InChI is InChI=1S/C11H12ClN3S/c1-7-2-3-9(16-7)11(15-13)8-4-5-14-10(12)6-8/h2-6,11,15H,13H2,1H3. The van der Waals surface area contributed by atoms with E-state index in [0.717, 1.165) is 5.56 Å². The van der Waals surface area contributed by atoms with Crippen LogP contribution in [-0.4, -0.2) is 4.98 Å². The molecular formula is C11H12ClN3S. The van der Waals surface area contributed by atoms with Crippen molar-refractivity contribution in [1.82, 2.24) is 10.4 Å². The van der Waals surface area contributed by atoms with Gasteiger partial charge < -0.3 is 0 Å². The molecule has 2 aromatic rings. The highest BCUT2D eigenvalue weighted by molar-refractivity contribution is 7.12. The minimum absolute atomic E-state index is 0.0285. The number of nitrogens with two attached hydrogens (primary N) is 1. The number of hydrazine groups is 1. The Bertz CT molecular complexity index is 484. The van der Waals surface area contributed by atoms with Gasteiger partial charge in [0.05, 0.1) is 6.04 Å². The summed E-state index contributed by atoms with van der Waals surface area (Å²) >= 11 is 7.58. The van der Waals surface area contributed by atoms with E-state index in [4.69, 9.17) is 17.4 Å². The van der Waals surface area contributed by atoms with Crippen LogP contribution in [0.4, 0.5) is 0 Å². The summed E-state index contributed by atoms with van der Waals surface area (Å²) in [6, 6.07) is 7.85. The molecule has 0 aliphatic heterocycles. The first-order chi connectivity index (χ1) is 7.70. The van der Waals surface area contributed by atoms with Crippen LogP contribution < -0.4 is 11.3 Å². The number of pyridine rings is 1. The van der Waals surface area contributed by atoms with Crippen molar-refractivity contribution < 1.29 is 0 Å². The largest absolute Gasteiger partial charge is 0.271 e. The lowest BCUT2D eigenvalue weighted by Gasteiger charge is -2.14. The lowest BCUT2D eigenvalue weighted by molar-refractivity contribution is 0.646. The van der Waals surface area contributed by atoms with Crippen molar-refractivity contribution in [3.05, 3.63) is 50.9 Å². The summed E-state index contributed by atoms with van der Waals surface area (Å²) in [5.41, 5.74) is 3.82. The molecule has 0 aliphatic carbocycles. The molecule has 0 aliphatic rings. The SMILES string of the molecule is Cc1ccc(C(NN)c2ccnc(Cl)c2)s1. The van der Waals surface area contributed by atoms with E-state index < -0.39 is 0 Å². The zero-order valence-electron chi connectivity index (χ0n) is 8.77. The second-order valence-electron chi connectivity index (χ2n) is 3.46. The third-order valence-electron chi connectivity index (χ3n) is 2.30. The van der Waals surface area contributed by atoms with E-state index in [1.54, 1.807) is 17.5 Å². The van der Waals surface area contributed by atoms with Gasteiger partial charge in [0.2, 0.25) is 0 Å². The van der Waals surface area contributed by atoms with Crippen LogP contribution in [0, 0.1) is 6.92 Å². The van der Waals surface area contributed by atoms with Crippen molar-refractivity contribution in [2.45, 2.75) is 13.0 Å². The molecule has 0 fully saturated rings. The van der Waals surface area contributed by atoms with Crippen molar-refractivity contribution in [3.8, 4) is 0 Å². The molecule has 3 nitrogen and oxygen atoms in total. The molecule has 5 heteroatoms. The maximum atomic E-state index is 5.86. The summed E-state index contributed by atoms with van der Waals surface area (Å²) in [5.74, 6) is 5.59. The molecule has 1 atom stereocenters. The summed E-state index contributed by atoms with van der Waals surface area (Å²) in [7, 11) is 0. The quantitative estimate of drug-likeness (QED) is 0.502. The Kier molecular flexibility index (Phi) is 3.56. The van der Waals surface area contributed by atoms with E-state index in [2.05, 4.69) is 29.5 Å². The summed E-state index contributed by atoms with van der Waals surface area (Å²) in [5, 5.41) is 0.478. The molecule has 16 heavy (non-hydrogen) atoms. The molecule has 2 heterocycles. The summed E-state index contributed by atoms with van der Waals surface area (Å²) < 4.78 is 0. The number of thiophene rings is 1. The van der Waals surface area contributed by atoms with Crippen LogP contribution >= 0.6 is 22.9 Å². The molecule has 1 unspecified atom stereocenters. The fraction of sp³-hybridized carbons (Fsp3) is 0.182. The molecule has 0 radical (unpaired) electrons. The Balaban J connectivity index is 2.36. The van der Waals surface area contributed by atoms with Gasteiger partial charge in [0.1, 0.15) is 5.15 Å². The maximum absolute atomic E-state index is 5.86. The lowest BCUT2D eigenvalue weighted by Crippen LogP contribution is -2.28. The number of halogens is 1. The van der Waals surface area contributed by atoms with E-state index in [9.17, 15) is 0 Å². The van der Waals surface area contributed by atoms with Crippen molar-refractivity contribution in [2.75, 3.05) is 0 Å². The third kappa shape index (κ3) is 2.41. The van der Waals surface area contributed by atoms with Gasteiger partial charge in [-0.05, 0) is 36.8 Å². The first-order valence-electron chi connectivity index (χ1n) is 4.84. The van der Waals surface area contributed by atoms with E-state index in [1.807, 2.05) is 12.1 Å². The Morgan fingerprint density at radius 1 is 1.44 bits per heavy atom. The predicted octanol–water partition coefficient (Wildman–Crippen LogP) is 2.66. The van der Waals surface area contributed by atoms with Crippen LogP contribution in [0.25, 0.3) is 0 Å². The Morgan fingerprint density at radius 3 is 2.81 bits per heavy atom. The molecule has 0 saturated carbocycles. The van der Waals surface area contributed by atoms with E-state index in [1.165, 1.54) is 9.75 Å². The average molecular weight is 254 g/mol. The molecular weight excluding hydrogens is 242 g/mol. The highest BCUT2D eigenvalue weighted by Gasteiger charge is 2.14. The lowest BCUT2D eigenvalue weighted by atomic mass is 10.1. The van der Waals surface area contributed by atoms with Crippen molar-refractivity contribution >= 4 is 22.9 Å². The second-order valence-corrected chi connectivity index (χ2v) is 5.17. The zero-order valence-corrected chi connectivity index (χ0v) is 10.3. The third-order valence-corrected chi connectivity index (χ3v) is 3.57. The molecule has 2 rings (SSSR count). The van der Waals surface area contributed by atoms with Gasteiger partial charge in [0.15, 0.2) is 0 Å². The molecule has 0 aromatic carbocycles. The normalized spacial score (nSPS) is 12.7. The van der Waals surface area contributed by atoms with Gasteiger partial charge in [-0.15, -0.1) is 11.3 Å². The fourth-order valence-electron chi connectivity index (χ4n) is 1.55. The molecule has 0 spiro atoms. The van der Waals surface area contributed by atoms with Crippen LogP contribution in [0.2, 0.25) is 5.15 Å². The summed E-state index contributed by atoms with van der Waals surface area (Å²) in [4.78, 5) is 6.38. The summed E-state index contributed by atoms with van der Waals surface area (Å²) in [6.45, 7) is 2.07.